The molecule has 0 spiro atoms. The summed E-state index contributed by atoms with van der Waals surface area (Å²) in [6.45, 7) is 6.25. The topological polar surface area (TPSA) is 90.0 Å². The molecule has 1 rings (SSSR count). The summed E-state index contributed by atoms with van der Waals surface area (Å²) in [5.41, 5.74) is 5.62. The predicted molar refractivity (Wildman–Crippen MR) is 66.0 cm³/mol. The molecule has 98 valence electrons. The van der Waals surface area contributed by atoms with E-state index in [0.717, 1.165) is 0 Å². The minimum atomic E-state index is -3.53. The van der Waals surface area contributed by atoms with Crippen LogP contribution in [0.3, 0.4) is 0 Å². The average Bonchev–Trinajstić information content (AvgIpc) is 2.63. The van der Waals surface area contributed by atoms with Crippen molar-refractivity contribution in [1.29, 1.82) is 0 Å². The molecule has 2 atom stereocenters. The van der Waals surface area contributed by atoms with Gasteiger partial charge < -0.3 is 10.3 Å². The van der Waals surface area contributed by atoms with Gasteiger partial charge in [-0.15, -0.1) is 0 Å². The highest BCUT2D eigenvalue weighted by Gasteiger charge is 2.20. The van der Waals surface area contributed by atoms with Crippen LogP contribution >= 0.6 is 0 Å². The van der Waals surface area contributed by atoms with Crippen LogP contribution in [0.25, 0.3) is 0 Å². The summed E-state index contributed by atoms with van der Waals surface area (Å²) < 4.78 is 28.1. The molecular weight excluding hydrogens is 240 g/mol. The Hall–Kier alpha value is -0.920. The number of aryl methyl sites for hydroxylation is 1. The van der Waals surface area contributed by atoms with E-state index < -0.39 is 10.0 Å². The number of aromatic nitrogens is 2. The second kappa shape index (κ2) is 5.61. The maximum atomic E-state index is 11.9. The van der Waals surface area contributed by atoms with Crippen molar-refractivity contribution < 1.29 is 8.42 Å². The average molecular weight is 260 g/mol. The number of imidazole rings is 1. The van der Waals surface area contributed by atoms with Crippen LogP contribution in [0.1, 0.15) is 27.2 Å². The third-order valence-electron chi connectivity index (χ3n) is 2.33. The quantitative estimate of drug-likeness (QED) is 0.770. The van der Waals surface area contributed by atoms with Gasteiger partial charge >= 0.3 is 0 Å². The first-order valence-electron chi connectivity index (χ1n) is 5.65. The molecule has 1 heterocycles. The Morgan fingerprint density at radius 3 is 2.65 bits per heavy atom. The van der Waals surface area contributed by atoms with Crippen LogP contribution in [0, 0.1) is 0 Å². The molecule has 7 heteroatoms. The van der Waals surface area contributed by atoms with Crippen LogP contribution in [0.2, 0.25) is 0 Å². The first-order chi connectivity index (χ1) is 7.85. The van der Waals surface area contributed by atoms with Crippen molar-refractivity contribution in [1.82, 2.24) is 14.3 Å². The number of nitrogens with one attached hydrogen (secondary N) is 1. The Balaban J connectivity index is 2.74. The van der Waals surface area contributed by atoms with Gasteiger partial charge in [0.15, 0.2) is 5.03 Å². The number of nitrogens with two attached hydrogens (primary N) is 1. The zero-order valence-corrected chi connectivity index (χ0v) is 11.2. The van der Waals surface area contributed by atoms with Crippen molar-refractivity contribution in [3.63, 3.8) is 0 Å². The van der Waals surface area contributed by atoms with E-state index in [9.17, 15) is 8.42 Å². The molecule has 0 saturated heterocycles. The molecule has 3 N–H and O–H groups in total. The molecule has 0 radical (unpaired) electrons. The Morgan fingerprint density at radius 2 is 2.18 bits per heavy atom. The number of hydrogen-bond donors (Lipinski definition) is 2. The number of hydrogen-bond acceptors (Lipinski definition) is 4. The molecule has 0 amide bonds. The summed E-state index contributed by atoms with van der Waals surface area (Å²) in [6, 6.07) is -0.243. The second-order valence-electron chi connectivity index (χ2n) is 4.28. The van der Waals surface area contributed by atoms with Gasteiger partial charge in [-0.2, -0.15) is 0 Å². The molecule has 0 aromatic carbocycles. The van der Waals surface area contributed by atoms with E-state index in [4.69, 9.17) is 5.73 Å². The number of nitrogens with zero attached hydrogens (tertiary/aromatic N) is 2. The fraction of sp³-hybridized carbons (Fsp3) is 0.700. The fourth-order valence-electron chi connectivity index (χ4n) is 1.58. The predicted octanol–water partition coefficient (Wildman–Crippen LogP) is 0.307. The van der Waals surface area contributed by atoms with Crippen LogP contribution in [0.15, 0.2) is 17.6 Å². The number of rotatable bonds is 6. The van der Waals surface area contributed by atoms with Crippen LogP contribution in [-0.4, -0.2) is 30.1 Å². The summed E-state index contributed by atoms with van der Waals surface area (Å²) >= 11 is 0. The molecule has 0 aliphatic rings. The summed E-state index contributed by atoms with van der Waals surface area (Å²) in [5.74, 6) is 0. The standard InChI is InChI=1S/C10H20N4O2S/c1-4-14-6-10(12-7-14)17(15,16)13-9(3)5-8(2)11/h6-9,13H,4-5,11H2,1-3H3. The van der Waals surface area contributed by atoms with Gasteiger partial charge in [-0.1, -0.05) is 0 Å². The Morgan fingerprint density at radius 1 is 1.53 bits per heavy atom. The minimum Gasteiger partial charge on any atom is -0.336 e. The SMILES string of the molecule is CCn1cnc(S(=O)(=O)NC(C)CC(C)N)c1. The van der Waals surface area contributed by atoms with Crippen molar-refractivity contribution >= 4 is 10.0 Å². The van der Waals surface area contributed by atoms with Gasteiger partial charge in [0.1, 0.15) is 0 Å². The van der Waals surface area contributed by atoms with E-state index in [1.165, 1.54) is 12.5 Å². The largest absolute Gasteiger partial charge is 0.336 e. The molecule has 0 aliphatic carbocycles. The van der Waals surface area contributed by atoms with E-state index in [1.807, 2.05) is 13.8 Å². The van der Waals surface area contributed by atoms with E-state index in [2.05, 4.69) is 9.71 Å². The summed E-state index contributed by atoms with van der Waals surface area (Å²) in [7, 11) is -3.53. The normalized spacial score (nSPS) is 15.8. The lowest BCUT2D eigenvalue weighted by Crippen LogP contribution is -2.36. The highest BCUT2D eigenvalue weighted by molar-refractivity contribution is 7.89. The molecule has 0 fully saturated rings. The third-order valence-corrected chi connectivity index (χ3v) is 3.81. The summed E-state index contributed by atoms with van der Waals surface area (Å²) in [4.78, 5) is 3.87. The zero-order chi connectivity index (χ0) is 13.1. The van der Waals surface area contributed by atoms with Crippen LogP contribution in [0.4, 0.5) is 0 Å². The van der Waals surface area contributed by atoms with Gasteiger partial charge in [-0.05, 0) is 27.2 Å². The molecule has 2 unspecified atom stereocenters. The van der Waals surface area contributed by atoms with Crippen LogP contribution in [0.5, 0.6) is 0 Å². The molecule has 0 bridgehead atoms. The summed E-state index contributed by atoms with van der Waals surface area (Å²) in [5, 5.41) is 0.0517. The first-order valence-corrected chi connectivity index (χ1v) is 7.13. The monoisotopic (exact) mass is 260 g/mol. The van der Waals surface area contributed by atoms with Crippen LogP contribution < -0.4 is 10.5 Å². The highest BCUT2D eigenvalue weighted by atomic mass is 32.2. The maximum absolute atomic E-state index is 11.9. The van der Waals surface area contributed by atoms with Gasteiger partial charge in [0.2, 0.25) is 0 Å². The van der Waals surface area contributed by atoms with Crippen molar-refractivity contribution in [3.8, 4) is 0 Å². The van der Waals surface area contributed by atoms with Gasteiger partial charge in [0, 0.05) is 24.8 Å². The van der Waals surface area contributed by atoms with Crippen molar-refractivity contribution in [2.24, 2.45) is 5.73 Å². The lowest BCUT2D eigenvalue weighted by atomic mass is 10.1. The zero-order valence-electron chi connectivity index (χ0n) is 10.4. The second-order valence-corrected chi connectivity index (χ2v) is 5.94. The third kappa shape index (κ3) is 4.10. The Labute approximate surface area is 102 Å². The Kier molecular flexibility index (Phi) is 4.67. The lowest BCUT2D eigenvalue weighted by molar-refractivity contribution is 0.517. The molecule has 0 saturated carbocycles. The fourth-order valence-corrected chi connectivity index (χ4v) is 2.79. The van der Waals surface area contributed by atoms with E-state index in [0.29, 0.717) is 13.0 Å². The van der Waals surface area contributed by atoms with Gasteiger partial charge in [0.25, 0.3) is 10.0 Å². The Bertz CT molecular complexity index is 453. The van der Waals surface area contributed by atoms with Crippen LogP contribution in [-0.2, 0) is 16.6 Å². The minimum absolute atomic E-state index is 0.0408. The lowest BCUT2D eigenvalue weighted by Gasteiger charge is -2.14. The van der Waals surface area contributed by atoms with E-state index in [1.54, 1.807) is 11.5 Å². The highest BCUT2D eigenvalue weighted by Crippen LogP contribution is 2.07. The first kappa shape index (κ1) is 14.1. The molecule has 1 aromatic rings. The van der Waals surface area contributed by atoms with Crippen molar-refractivity contribution in [2.75, 3.05) is 0 Å². The number of sulfonamides is 1. The molecular formula is C10H20N4O2S. The maximum Gasteiger partial charge on any atom is 0.259 e. The molecule has 0 aliphatic heterocycles. The smallest absolute Gasteiger partial charge is 0.259 e. The van der Waals surface area contributed by atoms with Gasteiger partial charge in [0.05, 0.1) is 6.33 Å². The van der Waals surface area contributed by atoms with Crippen molar-refractivity contribution in [3.05, 3.63) is 12.5 Å². The van der Waals surface area contributed by atoms with E-state index in [-0.39, 0.29) is 17.1 Å². The van der Waals surface area contributed by atoms with Gasteiger partial charge in [-0.25, -0.2) is 18.1 Å². The molecule has 17 heavy (non-hydrogen) atoms. The molecule has 6 nitrogen and oxygen atoms in total. The summed E-state index contributed by atoms with van der Waals surface area (Å²) in [6.07, 6.45) is 3.61. The van der Waals surface area contributed by atoms with Crippen molar-refractivity contribution in [2.45, 2.75) is 50.8 Å². The molecule has 1 aromatic heterocycles. The van der Waals surface area contributed by atoms with Gasteiger partial charge in [-0.3, -0.25) is 0 Å². The van der Waals surface area contributed by atoms with E-state index >= 15 is 0 Å².